The molecule has 1 saturated heterocycles. The number of carbonyl (C=O) groups excluding carboxylic acids is 2. The van der Waals surface area contributed by atoms with Gasteiger partial charge in [0, 0.05) is 6.54 Å². The van der Waals surface area contributed by atoms with E-state index in [0.717, 1.165) is 12.8 Å². The van der Waals surface area contributed by atoms with Crippen LogP contribution in [-0.4, -0.2) is 34.6 Å². The van der Waals surface area contributed by atoms with Gasteiger partial charge in [0.05, 0.1) is 6.04 Å². The Labute approximate surface area is 143 Å². The molecule has 1 aromatic rings. The average molecular weight is 330 g/mol. The third-order valence-electron chi connectivity index (χ3n) is 4.84. The standard InChI is InChI=1S/C19H26N2O3/c1-18(2,3)24-17(23)20-19(4)11-12-21(16(19)22)15-10-9-13-7-5-6-8-14(13)15/h5-8,15H,9-12H2,1-4H3,(H,20,23)/t15-,19-/m1/s1. The van der Waals surface area contributed by atoms with Gasteiger partial charge in [-0.15, -0.1) is 0 Å². The molecule has 0 radical (unpaired) electrons. The van der Waals surface area contributed by atoms with Crippen LogP contribution in [0.4, 0.5) is 4.79 Å². The van der Waals surface area contributed by atoms with Gasteiger partial charge in [-0.1, -0.05) is 24.3 Å². The molecule has 1 heterocycles. The molecule has 24 heavy (non-hydrogen) atoms. The second kappa shape index (κ2) is 5.80. The molecule has 2 amide bonds. The highest BCUT2D eigenvalue weighted by Crippen LogP contribution is 2.39. The summed E-state index contributed by atoms with van der Waals surface area (Å²) in [5.74, 6) is -0.0185. The van der Waals surface area contributed by atoms with Crippen molar-refractivity contribution in [1.82, 2.24) is 10.2 Å². The number of likely N-dealkylation sites (tertiary alicyclic amines) is 1. The van der Waals surface area contributed by atoms with E-state index in [9.17, 15) is 9.59 Å². The Bertz CT molecular complexity index is 665. The van der Waals surface area contributed by atoms with Crippen LogP contribution < -0.4 is 5.32 Å². The van der Waals surface area contributed by atoms with Gasteiger partial charge in [-0.25, -0.2) is 4.79 Å². The predicted octanol–water partition coefficient (Wildman–Crippen LogP) is 3.19. The number of hydrogen-bond acceptors (Lipinski definition) is 3. The van der Waals surface area contributed by atoms with Gasteiger partial charge < -0.3 is 15.0 Å². The lowest BCUT2D eigenvalue weighted by molar-refractivity contribution is -0.134. The Hall–Kier alpha value is -2.04. The molecule has 5 heteroatoms. The molecule has 1 fully saturated rings. The lowest BCUT2D eigenvalue weighted by Crippen LogP contribution is -2.53. The largest absolute Gasteiger partial charge is 0.444 e. The number of aryl methyl sites for hydroxylation is 1. The second-order valence-corrected chi connectivity index (χ2v) is 7.96. The fraction of sp³-hybridized carbons (Fsp3) is 0.579. The maximum atomic E-state index is 13.0. The maximum absolute atomic E-state index is 13.0. The topological polar surface area (TPSA) is 58.6 Å². The van der Waals surface area contributed by atoms with Crippen LogP contribution in [0.3, 0.4) is 0 Å². The molecule has 1 aliphatic heterocycles. The molecule has 130 valence electrons. The predicted molar refractivity (Wildman–Crippen MR) is 91.6 cm³/mol. The number of benzene rings is 1. The number of ether oxygens (including phenoxy) is 1. The van der Waals surface area contributed by atoms with Crippen molar-refractivity contribution in [2.75, 3.05) is 6.54 Å². The van der Waals surface area contributed by atoms with E-state index in [1.807, 2.05) is 37.8 Å². The molecule has 5 nitrogen and oxygen atoms in total. The van der Waals surface area contributed by atoms with Crippen LogP contribution in [0.15, 0.2) is 24.3 Å². The molecule has 0 bridgehead atoms. The molecule has 2 atom stereocenters. The highest BCUT2D eigenvalue weighted by molar-refractivity contribution is 5.92. The molecule has 3 rings (SSSR count). The van der Waals surface area contributed by atoms with Gasteiger partial charge in [-0.2, -0.15) is 0 Å². The molecule has 0 unspecified atom stereocenters. The molecule has 2 aliphatic rings. The third kappa shape index (κ3) is 3.12. The van der Waals surface area contributed by atoms with Crippen molar-refractivity contribution >= 4 is 12.0 Å². The van der Waals surface area contributed by atoms with Crippen LogP contribution in [0, 0.1) is 0 Å². The van der Waals surface area contributed by atoms with Gasteiger partial charge in [-0.05, 0) is 58.1 Å². The van der Waals surface area contributed by atoms with Crippen molar-refractivity contribution in [2.24, 2.45) is 0 Å². The molecular formula is C19H26N2O3. The van der Waals surface area contributed by atoms with Gasteiger partial charge in [0.25, 0.3) is 0 Å². The monoisotopic (exact) mass is 330 g/mol. The SMILES string of the molecule is CC(C)(C)OC(=O)N[C@]1(C)CCN([C@@H]2CCc3ccccc32)C1=O. The molecule has 1 aliphatic carbocycles. The van der Waals surface area contributed by atoms with E-state index in [2.05, 4.69) is 17.4 Å². The summed E-state index contributed by atoms with van der Waals surface area (Å²) >= 11 is 0. The first-order valence-corrected chi connectivity index (χ1v) is 8.60. The number of amides is 2. The summed E-state index contributed by atoms with van der Waals surface area (Å²) in [5, 5.41) is 2.79. The highest BCUT2D eigenvalue weighted by Gasteiger charge is 2.47. The highest BCUT2D eigenvalue weighted by atomic mass is 16.6. The van der Waals surface area contributed by atoms with Crippen molar-refractivity contribution < 1.29 is 14.3 Å². The van der Waals surface area contributed by atoms with Crippen molar-refractivity contribution in [3.05, 3.63) is 35.4 Å². The summed E-state index contributed by atoms with van der Waals surface area (Å²) in [6.07, 6.45) is 2.02. The Balaban J connectivity index is 1.72. The van der Waals surface area contributed by atoms with Crippen LogP contribution in [-0.2, 0) is 16.0 Å². The first-order chi connectivity index (χ1) is 11.2. The summed E-state index contributed by atoms with van der Waals surface area (Å²) in [7, 11) is 0. The van der Waals surface area contributed by atoms with E-state index >= 15 is 0 Å². The minimum Gasteiger partial charge on any atom is -0.444 e. The molecule has 0 aromatic heterocycles. The number of nitrogens with one attached hydrogen (secondary N) is 1. The van der Waals surface area contributed by atoms with Crippen LogP contribution in [0.5, 0.6) is 0 Å². The fourth-order valence-corrected chi connectivity index (χ4v) is 3.67. The molecule has 0 saturated carbocycles. The lowest BCUT2D eigenvalue weighted by atomic mass is 10.0. The molecule has 0 spiro atoms. The number of rotatable bonds is 2. The normalized spacial score (nSPS) is 26.4. The molecule has 1 aromatic carbocycles. The van der Waals surface area contributed by atoms with E-state index in [-0.39, 0.29) is 11.9 Å². The summed E-state index contributed by atoms with van der Waals surface area (Å²) < 4.78 is 5.31. The number of hydrogen-bond donors (Lipinski definition) is 1. The van der Waals surface area contributed by atoms with E-state index in [1.165, 1.54) is 11.1 Å². The first-order valence-electron chi connectivity index (χ1n) is 8.60. The van der Waals surface area contributed by atoms with Gasteiger partial charge >= 0.3 is 6.09 Å². The molecule has 1 N–H and O–H groups in total. The lowest BCUT2D eigenvalue weighted by Gasteiger charge is -2.29. The Morgan fingerprint density at radius 2 is 2.04 bits per heavy atom. The number of carbonyl (C=O) groups is 2. The Morgan fingerprint density at radius 3 is 2.75 bits per heavy atom. The Morgan fingerprint density at radius 1 is 1.33 bits per heavy atom. The maximum Gasteiger partial charge on any atom is 0.408 e. The van der Waals surface area contributed by atoms with Crippen LogP contribution in [0.25, 0.3) is 0 Å². The van der Waals surface area contributed by atoms with E-state index in [1.54, 1.807) is 6.92 Å². The van der Waals surface area contributed by atoms with Gasteiger partial charge in [0.2, 0.25) is 5.91 Å². The quantitative estimate of drug-likeness (QED) is 0.906. The zero-order chi connectivity index (χ0) is 17.5. The minimum absolute atomic E-state index is 0.0185. The second-order valence-electron chi connectivity index (χ2n) is 7.96. The van der Waals surface area contributed by atoms with E-state index in [0.29, 0.717) is 13.0 Å². The van der Waals surface area contributed by atoms with E-state index in [4.69, 9.17) is 4.74 Å². The summed E-state index contributed by atoms with van der Waals surface area (Å²) in [6.45, 7) is 7.89. The van der Waals surface area contributed by atoms with Gasteiger partial charge in [0.15, 0.2) is 0 Å². The zero-order valence-electron chi connectivity index (χ0n) is 14.9. The first kappa shape index (κ1) is 16.8. The van der Waals surface area contributed by atoms with Crippen molar-refractivity contribution in [3.63, 3.8) is 0 Å². The van der Waals surface area contributed by atoms with Crippen LogP contribution >= 0.6 is 0 Å². The average Bonchev–Trinajstić information content (AvgIpc) is 3.00. The third-order valence-corrected chi connectivity index (χ3v) is 4.84. The Kier molecular flexibility index (Phi) is 4.06. The van der Waals surface area contributed by atoms with E-state index < -0.39 is 17.2 Å². The van der Waals surface area contributed by atoms with Crippen molar-refractivity contribution in [3.8, 4) is 0 Å². The number of nitrogens with zero attached hydrogens (tertiary/aromatic N) is 1. The van der Waals surface area contributed by atoms with Gasteiger partial charge in [0.1, 0.15) is 11.1 Å². The summed E-state index contributed by atoms with van der Waals surface area (Å²) in [6, 6.07) is 8.43. The van der Waals surface area contributed by atoms with Crippen molar-refractivity contribution in [2.45, 2.75) is 64.1 Å². The number of fused-ring (bicyclic) bond motifs is 1. The zero-order valence-corrected chi connectivity index (χ0v) is 14.9. The summed E-state index contributed by atoms with van der Waals surface area (Å²) in [4.78, 5) is 27.0. The van der Waals surface area contributed by atoms with Crippen LogP contribution in [0.2, 0.25) is 0 Å². The van der Waals surface area contributed by atoms with Crippen molar-refractivity contribution in [1.29, 1.82) is 0 Å². The summed E-state index contributed by atoms with van der Waals surface area (Å²) in [5.41, 5.74) is 1.10. The minimum atomic E-state index is -0.889. The van der Waals surface area contributed by atoms with Gasteiger partial charge in [-0.3, -0.25) is 4.79 Å². The smallest absolute Gasteiger partial charge is 0.408 e. The number of alkyl carbamates (subject to hydrolysis) is 1. The van der Waals surface area contributed by atoms with Crippen LogP contribution in [0.1, 0.15) is 57.7 Å². The fourth-order valence-electron chi connectivity index (χ4n) is 3.67. The molecular weight excluding hydrogens is 304 g/mol.